The standard InChI is InChI=1S/C19H25NO/c1-5-8-13-20-19(15(4)7-3)17-12-9-11-16(14-17)18(21)10-6-2/h5,8-9,11-14H,6-7,10H2,1-4H3/b8-5-,19-15+,20-13-. The molecule has 0 unspecified atom stereocenters. The van der Waals surface area contributed by atoms with E-state index in [1.54, 1.807) is 6.21 Å². The van der Waals surface area contributed by atoms with Crippen LogP contribution in [-0.2, 0) is 0 Å². The van der Waals surface area contributed by atoms with E-state index in [1.165, 1.54) is 5.57 Å². The molecule has 0 amide bonds. The maximum absolute atomic E-state index is 12.1. The van der Waals surface area contributed by atoms with Gasteiger partial charge in [0.25, 0.3) is 0 Å². The molecule has 2 heteroatoms. The first-order valence-electron chi connectivity index (χ1n) is 7.62. The summed E-state index contributed by atoms with van der Waals surface area (Å²) in [7, 11) is 0. The quantitative estimate of drug-likeness (QED) is 0.483. The van der Waals surface area contributed by atoms with Crippen molar-refractivity contribution in [3.05, 3.63) is 53.1 Å². The van der Waals surface area contributed by atoms with Gasteiger partial charge in [0.1, 0.15) is 0 Å². The van der Waals surface area contributed by atoms with Crippen LogP contribution in [0.4, 0.5) is 0 Å². The van der Waals surface area contributed by atoms with Gasteiger partial charge in [-0.3, -0.25) is 9.79 Å². The Bertz CT molecular complexity index is 565. The molecule has 2 nitrogen and oxygen atoms in total. The van der Waals surface area contributed by atoms with Crippen molar-refractivity contribution in [1.82, 2.24) is 0 Å². The highest BCUT2D eigenvalue weighted by atomic mass is 16.1. The van der Waals surface area contributed by atoms with Crippen molar-refractivity contribution in [2.24, 2.45) is 4.99 Å². The zero-order chi connectivity index (χ0) is 15.7. The molecule has 0 saturated heterocycles. The zero-order valence-electron chi connectivity index (χ0n) is 13.5. The second-order valence-electron chi connectivity index (χ2n) is 5.04. The van der Waals surface area contributed by atoms with Crippen LogP contribution in [0, 0.1) is 0 Å². The maximum Gasteiger partial charge on any atom is 0.162 e. The number of Topliss-reactive ketones (excluding diaryl/α,β-unsaturated/α-hetero) is 1. The minimum absolute atomic E-state index is 0.199. The summed E-state index contributed by atoms with van der Waals surface area (Å²) in [4.78, 5) is 16.6. The second kappa shape index (κ2) is 9.06. The largest absolute Gasteiger partial charge is 0.294 e. The van der Waals surface area contributed by atoms with Gasteiger partial charge in [-0.05, 0) is 44.4 Å². The van der Waals surface area contributed by atoms with Crippen molar-refractivity contribution in [1.29, 1.82) is 0 Å². The van der Waals surface area contributed by atoms with Crippen molar-refractivity contribution in [3.63, 3.8) is 0 Å². The molecule has 0 N–H and O–H groups in total. The van der Waals surface area contributed by atoms with E-state index in [0.717, 1.165) is 29.7 Å². The molecule has 0 atom stereocenters. The van der Waals surface area contributed by atoms with Crippen LogP contribution in [-0.4, -0.2) is 12.0 Å². The third-order valence-electron chi connectivity index (χ3n) is 3.35. The number of benzene rings is 1. The minimum atomic E-state index is 0.199. The molecule has 1 aromatic rings. The molecular weight excluding hydrogens is 258 g/mol. The lowest BCUT2D eigenvalue weighted by Gasteiger charge is -2.08. The van der Waals surface area contributed by atoms with Gasteiger partial charge >= 0.3 is 0 Å². The Labute approximate surface area is 128 Å². The average molecular weight is 283 g/mol. The second-order valence-corrected chi connectivity index (χ2v) is 5.04. The monoisotopic (exact) mass is 283 g/mol. The minimum Gasteiger partial charge on any atom is -0.294 e. The third kappa shape index (κ3) is 5.14. The average Bonchev–Trinajstić information content (AvgIpc) is 2.51. The molecule has 0 aliphatic rings. The molecule has 0 heterocycles. The van der Waals surface area contributed by atoms with Crippen LogP contribution in [0.25, 0.3) is 5.70 Å². The van der Waals surface area contributed by atoms with Gasteiger partial charge in [0, 0.05) is 23.8 Å². The van der Waals surface area contributed by atoms with Gasteiger partial charge < -0.3 is 0 Å². The van der Waals surface area contributed by atoms with Gasteiger partial charge in [-0.2, -0.15) is 0 Å². The lowest BCUT2D eigenvalue weighted by Crippen LogP contribution is -1.99. The summed E-state index contributed by atoms with van der Waals surface area (Å²) in [6, 6.07) is 7.80. The molecule has 1 rings (SSSR count). The highest BCUT2D eigenvalue weighted by Crippen LogP contribution is 2.23. The Morgan fingerprint density at radius 1 is 1.24 bits per heavy atom. The summed E-state index contributed by atoms with van der Waals surface area (Å²) in [5.41, 5.74) is 3.96. The number of carbonyl (C=O) groups is 1. The zero-order valence-corrected chi connectivity index (χ0v) is 13.5. The lowest BCUT2D eigenvalue weighted by atomic mass is 10.0. The van der Waals surface area contributed by atoms with E-state index in [0.29, 0.717) is 6.42 Å². The Morgan fingerprint density at radius 3 is 2.57 bits per heavy atom. The Kier molecular flexibility index (Phi) is 7.38. The van der Waals surface area contributed by atoms with Crippen molar-refractivity contribution in [3.8, 4) is 0 Å². The first-order chi connectivity index (χ1) is 10.1. The van der Waals surface area contributed by atoms with Crippen LogP contribution < -0.4 is 0 Å². The van der Waals surface area contributed by atoms with Crippen LogP contribution in [0.15, 0.2) is 47.0 Å². The van der Waals surface area contributed by atoms with E-state index < -0.39 is 0 Å². The van der Waals surface area contributed by atoms with E-state index in [-0.39, 0.29) is 5.78 Å². The number of allylic oxidation sites excluding steroid dienone is 3. The highest BCUT2D eigenvalue weighted by molar-refractivity contribution is 5.97. The normalized spacial score (nSPS) is 13.0. The molecule has 0 aliphatic carbocycles. The van der Waals surface area contributed by atoms with Crippen LogP contribution in [0.1, 0.15) is 62.9 Å². The summed E-state index contributed by atoms with van der Waals surface area (Å²) in [6.45, 7) is 8.19. The van der Waals surface area contributed by atoms with Crippen LogP contribution >= 0.6 is 0 Å². The summed E-state index contributed by atoms with van der Waals surface area (Å²) in [5, 5.41) is 0. The predicted octanol–water partition coefficient (Wildman–Crippen LogP) is 5.46. The van der Waals surface area contributed by atoms with Crippen LogP contribution in [0.3, 0.4) is 0 Å². The molecular formula is C19H25NO. The molecule has 0 bridgehead atoms. The number of carbonyl (C=O) groups excluding carboxylic acids is 1. The van der Waals surface area contributed by atoms with Crippen LogP contribution in [0.2, 0.25) is 0 Å². The van der Waals surface area contributed by atoms with E-state index in [1.807, 2.05) is 50.3 Å². The molecule has 0 aliphatic heterocycles. The fourth-order valence-electron chi connectivity index (χ4n) is 2.01. The number of hydrogen-bond acceptors (Lipinski definition) is 2. The van der Waals surface area contributed by atoms with Gasteiger partial charge in [0.2, 0.25) is 0 Å². The number of ketones is 1. The van der Waals surface area contributed by atoms with E-state index >= 15 is 0 Å². The van der Waals surface area contributed by atoms with Crippen molar-refractivity contribution < 1.29 is 4.79 Å². The molecule has 0 saturated carbocycles. The molecule has 112 valence electrons. The number of hydrogen-bond donors (Lipinski definition) is 0. The Balaban J connectivity index is 3.20. The molecule has 0 spiro atoms. The van der Waals surface area contributed by atoms with Crippen molar-refractivity contribution >= 4 is 17.7 Å². The van der Waals surface area contributed by atoms with Crippen molar-refractivity contribution in [2.75, 3.05) is 0 Å². The fraction of sp³-hybridized carbons (Fsp3) is 0.368. The van der Waals surface area contributed by atoms with Gasteiger partial charge in [-0.1, -0.05) is 38.1 Å². The third-order valence-corrected chi connectivity index (χ3v) is 3.35. The smallest absolute Gasteiger partial charge is 0.162 e. The molecule has 0 radical (unpaired) electrons. The van der Waals surface area contributed by atoms with E-state index in [9.17, 15) is 4.79 Å². The molecule has 1 aromatic carbocycles. The topological polar surface area (TPSA) is 29.4 Å². The van der Waals surface area contributed by atoms with E-state index in [2.05, 4.69) is 18.8 Å². The SMILES string of the molecule is C\C=C/C=N\C(=C(/C)CC)c1cccc(C(=O)CCC)c1. The number of nitrogens with zero attached hydrogens (tertiary/aromatic N) is 1. The Hall–Kier alpha value is -1.96. The fourth-order valence-corrected chi connectivity index (χ4v) is 2.01. The van der Waals surface area contributed by atoms with Gasteiger partial charge in [-0.15, -0.1) is 0 Å². The molecule has 21 heavy (non-hydrogen) atoms. The Morgan fingerprint density at radius 2 is 1.95 bits per heavy atom. The summed E-state index contributed by atoms with van der Waals surface area (Å²) in [5.74, 6) is 0.199. The number of rotatable bonds is 7. The first kappa shape index (κ1) is 17.1. The first-order valence-corrected chi connectivity index (χ1v) is 7.62. The number of aliphatic imine (C=N–C) groups is 1. The predicted molar refractivity (Wildman–Crippen MR) is 91.9 cm³/mol. The molecule has 0 aromatic heterocycles. The summed E-state index contributed by atoms with van der Waals surface area (Å²) in [6.07, 6.45) is 8.07. The van der Waals surface area contributed by atoms with Gasteiger partial charge in [-0.25, -0.2) is 0 Å². The van der Waals surface area contributed by atoms with Gasteiger partial charge in [0.15, 0.2) is 5.78 Å². The van der Waals surface area contributed by atoms with E-state index in [4.69, 9.17) is 0 Å². The maximum atomic E-state index is 12.1. The summed E-state index contributed by atoms with van der Waals surface area (Å²) >= 11 is 0. The summed E-state index contributed by atoms with van der Waals surface area (Å²) < 4.78 is 0. The van der Waals surface area contributed by atoms with Gasteiger partial charge in [0.05, 0.1) is 5.70 Å². The lowest BCUT2D eigenvalue weighted by molar-refractivity contribution is 0.0981. The highest BCUT2D eigenvalue weighted by Gasteiger charge is 2.08. The van der Waals surface area contributed by atoms with Crippen molar-refractivity contribution in [2.45, 2.75) is 47.0 Å². The molecule has 0 fully saturated rings. The van der Waals surface area contributed by atoms with Crippen LogP contribution in [0.5, 0.6) is 0 Å².